The van der Waals surface area contributed by atoms with Crippen LogP contribution in [0.4, 0.5) is 0 Å². The highest BCUT2D eigenvalue weighted by molar-refractivity contribution is 5.82. The number of nitrogens with one attached hydrogen (secondary N) is 1. The lowest BCUT2D eigenvalue weighted by molar-refractivity contribution is -0.124. The van der Waals surface area contributed by atoms with Crippen LogP contribution < -0.4 is 5.32 Å². The van der Waals surface area contributed by atoms with Crippen LogP contribution in [0.5, 0.6) is 0 Å². The van der Waals surface area contributed by atoms with Gasteiger partial charge in [-0.2, -0.15) is 0 Å². The summed E-state index contributed by atoms with van der Waals surface area (Å²) in [7, 11) is 0. The first-order valence-corrected chi connectivity index (χ1v) is 6.19. The molecule has 4 heteroatoms. The van der Waals surface area contributed by atoms with Crippen LogP contribution in [-0.4, -0.2) is 42.3 Å². The van der Waals surface area contributed by atoms with Gasteiger partial charge in [-0.15, -0.1) is 0 Å². The molecule has 2 aliphatic heterocycles. The Balaban J connectivity index is 1.85. The molecule has 2 rings (SSSR count). The fraction of sp³-hybridized carbons (Fsp3) is 0.833. The van der Waals surface area contributed by atoms with Crippen molar-refractivity contribution >= 4 is 11.7 Å². The first-order chi connectivity index (χ1) is 7.68. The summed E-state index contributed by atoms with van der Waals surface area (Å²) in [5.74, 6) is 0.682. The third-order valence-corrected chi connectivity index (χ3v) is 3.69. The highest BCUT2D eigenvalue weighted by Crippen LogP contribution is 2.27. The number of likely N-dealkylation sites (tertiary alicyclic amines) is 1. The summed E-state index contributed by atoms with van der Waals surface area (Å²) in [5, 5.41) is 2.94. The maximum atomic E-state index is 11.5. The highest BCUT2D eigenvalue weighted by atomic mass is 16.2. The number of hydrogen-bond acceptors (Lipinski definition) is 3. The van der Waals surface area contributed by atoms with Crippen LogP contribution >= 0.6 is 0 Å². The number of amides is 1. The van der Waals surface area contributed by atoms with E-state index in [1.807, 2.05) is 0 Å². The van der Waals surface area contributed by atoms with E-state index in [1.54, 1.807) is 6.92 Å². The van der Waals surface area contributed by atoms with Gasteiger partial charge in [-0.05, 0) is 39.3 Å². The second-order valence-corrected chi connectivity index (χ2v) is 4.90. The first-order valence-electron chi connectivity index (χ1n) is 6.19. The molecule has 2 heterocycles. The maximum Gasteiger partial charge on any atom is 0.224 e. The van der Waals surface area contributed by atoms with Crippen molar-refractivity contribution in [1.82, 2.24) is 10.2 Å². The normalized spacial score (nSPS) is 29.9. The van der Waals surface area contributed by atoms with Crippen molar-refractivity contribution < 1.29 is 9.59 Å². The first kappa shape index (κ1) is 11.6. The SMILES string of the molecule is CC(=O)CCCN1CCCC2C(=O)NCC21. The van der Waals surface area contributed by atoms with Crippen molar-refractivity contribution in [1.29, 1.82) is 0 Å². The number of rotatable bonds is 4. The van der Waals surface area contributed by atoms with Crippen molar-refractivity contribution in [3.05, 3.63) is 0 Å². The Hall–Kier alpha value is -0.900. The molecule has 16 heavy (non-hydrogen) atoms. The molecule has 2 saturated heterocycles. The summed E-state index contributed by atoms with van der Waals surface area (Å²) >= 11 is 0. The molecular formula is C12H20N2O2. The van der Waals surface area contributed by atoms with Gasteiger partial charge < -0.3 is 10.1 Å². The Bertz CT molecular complexity index is 291. The Morgan fingerprint density at radius 3 is 3.12 bits per heavy atom. The minimum Gasteiger partial charge on any atom is -0.354 e. The van der Waals surface area contributed by atoms with E-state index in [0.29, 0.717) is 12.5 Å². The van der Waals surface area contributed by atoms with Gasteiger partial charge in [0.1, 0.15) is 5.78 Å². The predicted molar refractivity (Wildman–Crippen MR) is 61.0 cm³/mol. The molecule has 0 aromatic heterocycles. The number of carbonyl (C=O) groups is 2. The summed E-state index contributed by atoms with van der Waals surface area (Å²) < 4.78 is 0. The molecule has 0 aromatic carbocycles. The third-order valence-electron chi connectivity index (χ3n) is 3.69. The second kappa shape index (κ2) is 4.95. The molecule has 0 bridgehead atoms. The van der Waals surface area contributed by atoms with Gasteiger partial charge in [-0.25, -0.2) is 0 Å². The smallest absolute Gasteiger partial charge is 0.224 e. The lowest BCUT2D eigenvalue weighted by atomic mass is 9.91. The number of ketones is 1. The fourth-order valence-electron chi connectivity index (χ4n) is 2.85. The van der Waals surface area contributed by atoms with Crippen molar-refractivity contribution in [2.45, 2.75) is 38.6 Å². The Labute approximate surface area is 96.4 Å². The van der Waals surface area contributed by atoms with Crippen LogP contribution in [0, 0.1) is 5.92 Å². The maximum absolute atomic E-state index is 11.5. The molecule has 1 N–H and O–H groups in total. The molecular weight excluding hydrogens is 204 g/mol. The van der Waals surface area contributed by atoms with E-state index in [0.717, 1.165) is 38.9 Å². The molecule has 0 spiro atoms. The minimum atomic E-state index is 0.200. The van der Waals surface area contributed by atoms with Crippen LogP contribution in [0.25, 0.3) is 0 Å². The van der Waals surface area contributed by atoms with E-state index in [4.69, 9.17) is 0 Å². The number of hydrogen-bond donors (Lipinski definition) is 1. The minimum absolute atomic E-state index is 0.200. The van der Waals surface area contributed by atoms with E-state index in [9.17, 15) is 9.59 Å². The summed E-state index contributed by atoms with van der Waals surface area (Å²) in [6.45, 7) is 4.47. The van der Waals surface area contributed by atoms with Crippen LogP contribution in [0.15, 0.2) is 0 Å². The number of nitrogens with zero attached hydrogens (tertiary/aromatic N) is 1. The highest BCUT2D eigenvalue weighted by Gasteiger charge is 2.40. The summed E-state index contributed by atoms with van der Waals surface area (Å²) in [6, 6.07) is 0.383. The summed E-state index contributed by atoms with van der Waals surface area (Å²) in [5.41, 5.74) is 0. The average Bonchev–Trinajstić information content (AvgIpc) is 2.61. The van der Waals surface area contributed by atoms with Crippen LogP contribution in [0.2, 0.25) is 0 Å². The summed E-state index contributed by atoms with van der Waals surface area (Å²) in [6.07, 6.45) is 3.72. The molecule has 0 aliphatic carbocycles. The Kier molecular flexibility index (Phi) is 3.59. The van der Waals surface area contributed by atoms with E-state index in [1.165, 1.54) is 0 Å². The molecule has 1 amide bonds. The second-order valence-electron chi connectivity index (χ2n) is 4.90. The van der Waals surface area contributed by atoms with Crippen LogP contribution in [0.3, 0.4) is 0 Å². The van der Waals surface area contributed by atoms with E-state index in [-0.39, 0.29) is 17.6 Å². The fourth-order valence-corrected chi connectivity index (χ4v) is 2.85. The molecule has 2 unspecified atom stereocenters. The number of Topliss-reactive ketones (excluding diaryl/α,β-unsaturated/α-hetero) is 1. The predicted octanol–water partition coefficient (Wildman–Crippen LogP) is 0.566. The molecule has 0 aromatic rings. The van der Waals surface area contributed by atoms with Gasteiger partial charge in [0.2, 0.25) is 5.91 Å². The van der Waals surface area contributed by atoms with Crippen molar-refractivity contribution in [3.63, 3.8) is 0 Å². The molecule has 4 nitrogen and oxygen atoms in total. The standard InChI is InChI=1S/C12H20N2O2/c1-9(15)4-2-6-14-7-3-5-10-11(14)8-13-12(10)16/h10-11H,2-8H2,1H3,(H,13,16). The largest absolute Gasteiger partial charge is 0.354 e. The van der Waals surface area contributed by atoms with Crippen molar-refractivity contribution in [3.8, 4) is 0 Å². The molecule has 0 radical (unpaired) electrons. The van der Waals surface area contributed by atoms with E-state index in [2.05, 4.69) is 10.2 Å². The number of piperidine rings is 1. The van der Waals surface area contributed by atoms with Gasteiger partial charge in [0.25, 0.3) is 0 Å². The third kappa shape index (κ3) is 2.43. The van der Waals surface area contributed by atoms with Crippen molar-refractivity contribution in [2.24, 2.45) is 5.92 Å². The van der Waals surface area contributed by atoms with Gasteiger partial charge in [0.05, 0.1) is 5.92 Å². The quantitative estimate of drug-likeness (QED) is 0.759. The molecule has 2 aliphatic rings. The molecule has 2 atom stereocenters. The number of carbonyl (C=O) groups excluding carboxylic acids is 2. The molecule has 0 saturated carbocycles. The van der Waals surface area contributed by atoms with Gasteiger partial charge in [0.15, 0.2) is 0 Å². The Morgan fingerprint density at radius 2 is 2.38 bits per heavy atom. The van der Waals surface area contributed by atoms with Crippen LogP contribution in [0.1, 0.15) is 32.6 Å². The number of fused-ring (bicyclic) bond motifs is 1. The van der Waals surface area contributed by atoms with E-state index < -0.39 is 0 Å². The monoisotopic (exact) mass is 224 g/mol. The summed E-state index contributed by atoms with van der Waals surface area (Å²) in [4.78, 5) is 24.8. The Morgan fingerprint density at radius 1 is 1.56 bits per heavy atom. The lowest BCUT2D eigenvalue weighted by Crippen LogP contribution is -2.45. The lowest BCUT2D eigenvalue weighted by Gasteiger charge is -2.35. The average molecular weight is 224 g/mol. The zero-order valence-corrected chi connectivity index (χ0v) is 9.87. The van der Waals surface area contributed by atoms with E-state index >= 15 is 0 Å². The van der Waals surface area contributed by atoms with Gasteiger partial charge in [-0.3, -0.25) is 9.69 Å². The van der Waals surface area contributed by atoms with Crippen molar-refractivity contribution in [2.75, 3.05) is 19.6 Å². The zero-order chi connectivity index (χ0) is 11.5. The van der Waals surface area contributed by atoms with Gasteiger partial charge in [-0.1, -0.05) is 0 Å². The van der Waals surface area contributed by atoms with Gasteiger partial charge >= 0.3 is 0 Å². The molecule has 90 valence electrons. The van der Waals surface area contributed by atoms with Gasteiger partial charge in [0, 0.05) is 19.0 Å². The topological polar surface area (TPSA) is 49.4 Å². The van der Waals surface area contributed by atoms with Crippen LogP contribution in [-0.2, 0) is 9.59 Å². The molecule has 2 fully saturated rings. The zero-order valence-electron chi connectivity index (χ0n) is 9.87.